The van der Waals surface area contributed by atoms with Gasteiger partial charge < -0.3 is 5.11 Å². The van der Waals surface area contributed by atoms with Gasteiger partial charge in [0.05, 0.1) is 6.10 Å². The van der Waals surface area contributed by atoms with E-state index in [4.69, 9.17) is 5.11 Å². The number of rotatable bonds is 4. The second kappa shape index (κ2) is 4.21. The Balaban J connectivity index is 2.41. The summed E-state index contributed by atoms with van der Waals surface area (Å²) in [5, 5.41) is 15.9. The van der Waals surface area contributed by atoms with Crippen LogP contribution in [0.2, 0.25) is 0 Å². The van der Waals surface area contributed by atoms with Crippen LogP contribution in [-0.2, 0) is 12.8 Å². The molecule has 2 N–H and O–H groups in total. The van der Waals surface area contributed by atoms with Crippen LogP contribution >= 0.6 is 0 Å². The molecular formula is C8H15N3O. The molecule has 0 saturated carbocycles. The van der Waals surface area contributed by atoms with Crippen molar-refractivity contribution in [3.05, 3.63) is 11.6 Å². The van der Waals surface area contributed by atoms with E-state index in [-0.39, 0.29) is 6.10 Å². The summed E-state index contributed by atoms with van der Waals surface area (Å²) in [4.78, 5) is 4.22. The molecule has 0 fully saturated rings. The van der Waals surface area contributed by atoms with Crippen LogP contribution in [0, 0.1) is 0 Å². The zero-order valence-electron chi connectivity index (χ0n) is 7.54. The Labute approximate surface area is 72.0 Å². The largest absolute Gasteiger partial charge is 0.393 e. The standard InChI is InChI=1S/C8H15N3O/c1-3-7-9-8(11-10-7)5-4-6(2)12/h6,12H,3-5H2,1-2H3,(H,9,10,11). The van der Waals surface area contributed by atoms with Crippen LogP contribution in [-0.4, -0.2) is 26.4 Å². The number of aliphatic hydroxyl groups is 1. The molecule has 1 atom stereocenters. The molecule has 1 rings (SSSR count). The first-order chi connectivity index (χ1) is 5.72. The first-order valence-corrected chi connectivity index (χ1v) is 4.30. The summed E-state index contributed by atoms with van der Waals surface area (Å²) in [6, 6.07) is 0. The lowest BCUT2D eigenvalue weighted by molar-refractivity contribution is 0.184. The summed E-state index contributed by atoms with van der Waals surface area (Å²) in [5.41, 5.74) is 0. The normalized spacial score (nSPS) is 13.2. The molecule has 68 valence electrons. The van der Waals surface area contributed by atoms with Gasteiger partial charge in [0, 0.05) is 12.8 Å². The van der Waals surface area contributed by atoms with Gasteiger partial charge in [0.1, 0.15) is 11.6 Å². The van der Waals surface area contributed by atoms with Crippen LogP contribution in [0.25, 0.3) is 0 Å². The Morgan fingerprint density at radius 3 is 2.83 bits per heavy atom. The Kier molecular flexibility index (Phi) is 3.22. The monoisotopic (exact) mass is 169 g/mol. The zero-order chi connectivity index (χ0) is 8.97. The first kappa shape index (κ1) is 9.19. The SMILES string of the molecule is CCc1n[nH]c(CCC(C)O)n1. The van der Waals surface area contributed by atoms with Gasteiger partial charge in [0.2, 0.25) is 0 Å². The molecule has 0 bridgehead atoms. The highest BCUT2D eigenvalue weighted by atomic mass is 16.3. The van der Waals surface area contributed by atoms with Crippen molar-refractivity contribution in [3.63, 3.8) is 0 Å². The van der Waals surface area contributed by atoms with Crippen molar-refractivity contribution in [1.29, 1.82) is 0 Å². The van der Waals surface area contributed by atoms with Crippen LogP contribution in [0.3, 0.4) is 0 Å². The fourth-order valence-electron chi connectivity index (χ4n) is 0.950. The molecule has 0 saturated heterocycles. The summed E-state index contributed by atoms with van der Waals surface area (Å²) in [6.45, 7) is 3.79. The van der Waals surface area contributed by atoms with Crippen molar-refractivity contribution in [2.24, 2.45) is 0 Å². The number of aryl methyl sites for hydroxylation is 2. The summed E-state index contributed by atoms with van der Waals surface area (Å²) >= 11 is 0. The van der Waals surface area contributed by atoms with E-state index in [2.05, 4.69) is 15.2 Å². The maximum absolute atomic E-state index is 9.02. The molecule has 0 amide bonds. The van der Waals surface area contributed by atoms with Crippen LogP contribution < -0.4 is 0 Å². The summed E-state index contributed by atoms with van der Waals surface area (Å²) in [5.74, 6) is 1.71. The van der Waals surface area contributed by atoms with Crippen molar-refractivity contribution in [1.82, 2.24) is 15.2 Å². The second-order valence-corrected chi connectivity index (χ2v) is 2.94. The number of aromatic amines is 1. The third-order valence-corrected chi connectivity index (χ3v) is 1.69. The summed E-state index contributed by atoms with van der Waals surface area (Å²) in [7, 11) is 0. The van der Waals surface area contributed by atoms with Crippen molar-refractivity contribution in [2.45, 2.75) is 39.2 Å². The molecule has 1 heterocycles. The summed E-state index contributed by atoms with van der Waals surface area (Å²) < 4.78 is 0. The van der Waals surface area contributed by atoms with E-state index >= 15 is 0 Å². The predicted octanol–water partition coefficient (Wildman–Crippen LogP) is 0.680. The number of hydrogen-bond donors (Lipinski definition) is 2. The molecule has 0 aliphatic heterocycles. The Morgan fingerprint density at radius 1 is 1.58 bits per heavy atom. The summed E-state index contributed by atoms with van der Waals surface area (Å²) in [6.07, 6.45) is 2.09. The molecule has 0 aliphatic carbocycles. The minimum atomic E-state index is -0.264. The van der Waals surface area contributed by atoms with Gasteiger partial charge in [0.25, 0.3) is 0 Å². The third-order valence-electron chi connectivity index (χ3n) is 1.69. The molecule has 0 spiro atoms. The van der Waals surface area contributed by atoms with E-state index in [1.54, 1.807) is 6.92 Å². The third kappa shape index (κ3) is 2.62. The van der Waals surface area contributed by atoms with Crippen LogP contribution in [0.5, 0.6) is 0 Å². The van der Waals surface area contributed by atoms with E-state index < -0.39 is 0 Å². The molecule has 1 aromatic rings. The Hall–Kier alpha value is -0.900. The van der Waals surface area contributed by atoms with Crippen molar-refractivity contribution >= 4 is 0 Å². The number of hydrogen-bond acceptors (Lipinski definition) is 3. The lowest BCUT2D eigenvalue weighted by Crippen LogP contribution is -2.02. The topological polar surface area (TPSA) is 61.8 Å². The highest BCUT2D eigenvalue weighted by Crippen LogP contribution is 2.00. The molecule has 4 heteroatoms. The van der Waals surface area contributed by atoms with E-state index in [9.17, 15) is 0 Å². The smallest absolute Gasteiger partial charge is 0.150 e. The Bertz CT molecular complexity index is 232. The minimum absolute atomic E-state index is 0.264. The van der Waals surface area contributed by atoms with Gasteiger partial charge in [-0.15, -0.1) is 0 Å². The van der Waals surface area contributed by atoms with Gasteiger partial charge in [0.15, 0.2) is 0 Å². The maximum Gasteiger partial charge on any atom is 0.150 e. The predicted molar refractivity (Wildman–Crippen MR) is 45.8 cm³/mol. The van der Waals surface area contributed by atoms with E-state index in [0.717, 1.165) is 30.9 Å². The number of aliphatic hydroxyl groups excluding tert-OH is 1. The molecule has 4 nitrogen and oxygen atoms in total. The van der Waals surface area contributed by atoms with Gasteiger partial charge >= 0.3 is 0 Å². The number of nitrogens with one attached hydrogen (secondary N) is 1. The lowest BCUT2D eigenvalue weighted by atomic mass is 10.2. The van der Waals surface area contributed by atoms with Gasteiger partial charge in [-0.2, -0.15) is 5.10 Å². The van der Waals surface area contributed by atoms with Crippen molar-refractivity contribution in [2.75, 3.05) is 0 Å². The molecule has 0 aliphatic rings. The highest BCUT2D eigenvalue weighted by molar-refractivity contribution is 4.89. The average Bonchev–Trinajstić information content (AvgIpc) is 2.48. The van der Waals surface area contributed by atoms with E-state index in [1.807, 2.05) is 6.92 Å². The van der Waals surface area contributed by atoms with Crippen molar-refractivity contribution in [3.8, 4) is 0 Å². The van der Waals surface area contributed by atoms with Gasteiger partial charge in [-0.25, -0.2) is 4.98 Å². The lowest BCUT2D eigenvalue weighted by Gasteiger charge is -1.99. The average molecular weight is 169 g/mol. The fourth-order valence-corrected chi connectivity index (χ4v) is 0.950. The number of nitrogens with zero attached hydrogens (tertiary/aromatic N) is 2. The maximum atomic E-state index is 9.02. The molecule has 12 heavy (non-hydrogen) atoms. The van der Waals surface area contributed by atoms with Crippen LogP contribution in [0.4, 0.5) is 0 Å². The molecular weight excluding hydrogens is 154 g/mol. The van der Waals surface area contributed by atoms with Crippen LogP contribution in [0.1, 0.15) is 31.9 Å². The molecule has 1 aromatic heterocycles. The second-order valence-electron chi connectivity index (χ2n) is 2.94. The molecule has 0 aromatic carbocycles. The van der Waals surface area contributed by atoms with E-state index in [1.165, 1.54) is 0 Å². The quantitative estimate of drug-likeness (QED) is 0.696. The van der Waals surface area contributed by atoms with Crippen molar-refractivity contribution < 1.29 is 5.11 Å². The van der Waals surface area contributed by atoms with Gasteiger partial charge in [-0.05, 0) is 13.3 Å². The van der Waals surface area contributed by atoms with Gasteiger partial charge in [-0.1, -0.05) is 6.92 Å². The zero-order valence-corrected chi connectivity index (χ0v) is 7.54. The van der Waals surface area contributed by atoms with Crippen LogP contribution in [0.15, 0.2) is 0 Å². The minimum Gasteiger partial charge on any atom is -0.393 e. The first-order valence-electron chi connectivity index (χ1n) is 4.30. The van der Waals surface area contributed by atoms with Gasteiger partial charge in [-0.3, -0.25) is 5.10 Å². The molecule has 0 radical (unpaired) electrons. The number of H-pyrrole nitrogens is 1. The van der Waals surface area contributed by atoms with E-state index in [0.29, 0.717) is 0 Å². The Morgan fingerprint density at radius 2 is 2.33 bits per heavy atom. The number of aromatic nitrogens is 3. The molecule has 1 unspecified atom stereocenters. The fraction of sp³-hybridized carbons (Fsp3) is 0.750. The highest BCUT2D eigenvalue weighted by Gasteiger charge is 2.02.